The predicted octanol–water partition coefficient (Wildman–Crippen LogP) is 1.87. The largest absolute Gasteiger partial charge is 0.502 e. The summed E-state index contributed by atoms with van der Waals surface area (Å²) in [7, 11) is 0. The Balaban J connectivity index is 2.14. The molecule has 2 heterocycles. The van der Waals surface area contributed by atoms with Gasteiger partial charge in [0.1, 0.15) is 12.4 Å². The first-order valence-corrected chi connectivity index (χ1v) is 8.36. The van der Waals surface area contributed by atoms with Gasteiger partial charge in [-0.25, -0.2) is 0 Å². The molecule has 1 aromatic carbocycles. The van der Waals surface area contributed by atoms with Gasteiger partial charge >= 0.3 is 5.97 Å². The third-order valence-electron chi connectivity index (χ3n) is 4.04. The summed E-state index contributed by atoms with van der Waals surface area (Å²) in [4.78, 5) is 32.6. The van der Waals surface area contributed by atoms with E-state index in [1.165, 1.54) is 6.20 Å². The zero-order valence-corrected chi connectivity index (χ0v) is 14.6. The summed E-state index contributed by atoms with van der Waals surface area (Å²) in [5, 5.41) is 19.6. The second kappa shape index (κ2) is 7.96. The summed E-state index contributed by atoms with van der Waals surface area (Å²) in [6, 6.07) is 6.15. The van der Waals surface area contributed by atoms with Crippen LogP contribution in [-0.4, -0.2) is 32.8 Å². The maximum absolute atomic E-state index is 12.1. The molecule has 3 aromatic rings. The highest BCUT2D eigenvalue weighted by Crippen LogP contribution is 2.34. The molecule has 0 radical (unpaired) electrons. The predicted molar refractivity (Wildman–Crippen MR) is 95.2 cm³/mol. The van der Waals surface area contributed by atoms with Gasteiger partial charge in [-0.2, -0.15) is 0 Å². The lowest BCUT2D eigenvalue weighted by Gasteiger charge is -2.17. The van der Waals surface area contributed by atoms with Crippen molar-refractivity contribution in [2.24, 2.45) is 0 Å². The Hall–Kier alpha value is -3.26. The van der Waals surface area contributed by atoms with E-state index in [2.05, 4.69) is 9.97 Å². The minimum atomic E-state index is -0.797. The zero-order chi connectivity index (χ0) is 19.4. The van der Waals surface area contributed by atoms with Crippen LogP contribution in [-0.2, 0) is 16.1 Å². The number of hydrogen-bond donors (Lipinski definition) is 2. The molecule has 0 aliphatic heterocycles. The molecule has 0 aliphatic rings. The number of hydrogen-bond acceptors (Lipinski definition) is 8. The Morgan fingerprint density at radius 3 is 2.67 bits per heavy atom. The summed E-state index contributed by atoms with van der Waals surface area (Å²) in [5.74, 6) is -2.04. The molecule has 1 atom stereocenters. The van der Waals surface area contributed by atoms with Crippen LogP contribution in [0.5, 0.6) is 5.75 Å². The lowest BCUT2D eigenvalue weighted by Crippen LogP contribution is -2.15. The van der Waals surface area contributed by atoms with Crippen molar-refractivity contribution in [1.29, 1.82) is 0 Å². The van der Waals surface area contributed by atoms with Gasteiger partial charge in [-0.15, -0.1) is 0 Å². The van der Waals surface area contributed by atoms with E-state index in [-0.39, 0.29) is 24.5 Å². The first-order chi connectivity index (χ1) is 13.0. The minimum Gasteiger partial charge on any atom is -0.502 e. The molecule has 2 aromatic heterocycles. The number of fused-ring (bicyclic) bond motifs is 1. The van der Waals surface area contributed by atoms with Crippen molar-refractivity contribution >= 4 is 17.0 Å². The van der Waals surface area contributed by atoms with Gasteiger partial charge in [0.25, 0.3) is 0 Å². The maximum Gasteiger partial charge on any atom is 0.306 e. The van der Waals surface area contributed by atoms with E-state index in [0.29, 0.717) is 16.6 Å². The Morgan fingerprint density at radius 2 is 1.96 bits per heavy atom. The molecule has 2 N–H and O–H groups in total. The quantitative estimate of drug-likeness (QED) is 0.631. The number of benzene rings is 1. The van der Waals surface area contributed by atoms with Crippen molar-refractivity contribution in [3.05, 3.63) is 64.0 Å². The number of carbonyl (C=O) groups excluding carboxylic acids is 1. The van der Waals surface area contributed by atoms with Crippen LogP contribution in [0.4, 0.5) is 0 Å². The van der Waals surface area contributed by atoms with E-state index < -0.39 is 29.7 Å². The molecule has 27 heavy (non-hydrogen) atoms. The van der Waals surface area contributed by atoms with Crippen LogP contribution >= 0.6 is 0 Å². The monoisotopic (exact) mass is 370 g/mol. The van der Waals surface area contributed by atoms with Gasteiger partial charge in [0.2, 0.25) is 11.2 Å². The topological polar surface area (TPSA) is 123 Å². The third kappa shape index (κ3) is 3.95. The molecule has 0 saturated carbocycles. The van der Waals surface area contributed by atoms with Crippen LogP contribution < -0.4 is 5.43 Å². The highest BCUT2D eigenvalue weighted by atomic mass is 16.5. The number of aliphatic hydroxyl groups excluding tert-OH is 1. The number of rotatable bonds is 6. The Bertz CT molecular complexity index is 1030. The third-order valence-corrected chi connectivity index (χ3v) is 4.04. The zero-order valence-electron chi connectivity index (χ0n) is 14.6. The fraction of sp³-hybridized carbons (Fsp3) is 0.263. The van der Waals surface area contributed by atoms with Crippen LogP contribution in [0.3, 0.4) is 0 Å². The lowest BCUT2D eigenvalue weighted by atomic mass is 9.91. The summed E-state index contributed by atoms with van der Waals surface area (Å²) in [6.07, 6.45) is 2.94. The molecule has 0 bridgehead atoms. The molecule has 0 saturated heterocycles. The van der Waals surface area contributed by atoms with E-state index in [1.54, 1.807) is 31.3 Å². The van der Waals surface area contributed by atoms with Gasteiger partial charge in [0, 0.05) is 18.5 Å². The second-order valence-corrected chi connectivity index (χ2v) is 5.81. The molecular formula is C19H18N2O6. The normalized spacial score (nSPS) is 12.1. The molecule has 8 nitrogen and oxygen atoms in total. The Kier molecular flexibility index (Phi) is 5.46. The average Bonchev–Trinajstić information content (AvgIpc) is 2.68. The van der Waals surface area contributed by atoms with Gasteiger partial charge in [-0.05, 0) is 24.6 Å². The molecule has 8 heteroatoms. The highest BCUT2D eigenvalue weighted by molar-refractivity contribution is 5.76. The molecule has 0 unspecified atom stereocenters. The molecule has 140 valence electrons. The standard InChI is InChI=1S/C19H18N2O6/c1-2-26-17(24)9-13(19-18(25)16(23)8-12(10-22)27-19)11-3-4-14-15(7-11)21-6-5-20-14/h3-8,13,22,25H,2,9-10H2,1H3/t13-/m0/s1. The highest BCUT2D eigenvalue weighted by Gasteiger charge is 2.27. The fourth-order valence-corrected chi connectivity index (χ4v) is 2.81. The van der Waals surface area contributed by atoms with Crippen LogP contribution in [0.1, 0.15) is 36.3 Å². The van der Waals surface area contributed by atoms with Crippen molar-refractivity contribution in [1.82, 2.24) is 9.97 Å². The number of aliphatic hydroxyl groups is 1. The first kappa shape index (κ1) is 18.5. The smallest absolute Gasteiger partial charge is 0.306 e. The lowest BCUT2D eigenvalue weighted by molar-refractivity contribution is -0.143. The molecule has 3 rings (SSSR count). The summed E-state index contributed by atoms with van der Waals surface area (Å²) >= 11 is 0. The van der Waals surface area contributed by atoms with E-state index in [9.17, 15) is 19.8 Å². The van der Waals surface area contributed by atoms with Crippen molar-refractivity contribution in [3.63, 3.8) is 0 Å². The van der Waals surface area contributed by atoms with Crippen molar-refractivity contribution < 1.29 is 24.2 Å². The summed E-state index contributed by atoms with van der Waals surface area (Å²) in [6.45, 7) is 1.36. The van der Waals surface area contributed by atoms with E-state index in [0.717, 1.165) is 6.07 Å². The Morgan fingerprint density at radius 1 is 1.22 bits per heavy atom. The molecule has 0 fully saturated rings. The number of aromatic hydroxyl groups is 1. The molecule has 0 spiro atoms. The summed E-state index contributed by atoms with van der Waals surface area (Å²) in [5.41, 5.74) is 1.13. The van der Waals surface area contributed by atoms with E-state index in [1.807, 2.05) is 0 Å². The molecular weight excluding hydrogens is 352 g/mol. The van der Waals surface area contributed by atoms with Crippen molar-refractivity contribution in [2.75, 3.05) is 6.61 Å². The van der Waals surface area contributed by atoms with Crippen LogP contribution in [0.2, 0.25) is 0 Å². The van der Waals surface area contributed by atoms with Crippen LogP contribution in [0.25, 0.3) is 11.0 Å². The van der Waals surface area contributed by atoms with Gasteiger partial charge in [0.15, 0.2) is 5.76 Å². The van der Waals surface area contributed by atoms with Gasteiger partial charge in [-0.1, -0.05) is 6.07 Å². The molecule has 0 aliphatic carbocycles. The summed E-state index contributed by atoms with van der Waals surface area (Å²) < 4.78 is 10.5. The van der Waals surface area contributed by atoms with Gasteiger partial charge in [0.05, 0.1) is 30.0 Å². The Labute approximate surface area is 154 Å². The second-order valence-electron chi connectivity index (χ2n) is 5.81. The van der Waals surface area contributed by atoms with Crippen LogP contribution in [0.15, 0.2) is 45.9 Å². The minimum absolute atomic E-state index is 0.0118. The number of esters is 1. The number of ether oxygens (including phenoxy) is 1. The van der Waals surface area contributed by atoms with Crippen molar-refractivity contribution in [2.45, 2.75) is 25.9 Å². The van der Waals surface area contributed by atoms with E-state index >= 15 is 0 Å². The number of aromatic nitrogens is 2. The van der Waals surface area contributed by atoms with Crippen molar-refractivity contribution in [3.8, 4) is 5.75 Å². The SMILES string of the molecule is CCOC(=O)C[C@@H](c1ccc2nccnc2c1)c1oc(CO)cc(=O)c1O. The van der Waals surface area contributed by atoms with E-state index in [4.69, 9.17) is 9.15 Å². The number of nitrogens with zero attached hydrogens (tertiary/aromatic N) is 2. The first-order valence-electron chi connectivity index (χ1n) is 8.36. The average molecular weight is 370 g/mol. The molecule has 0 amide bonds. The fourth-order valence-electron chi connectivity index (χ4n) is 2.81. The van der Waals surface area contributed by atoms with Gasteiger partial charge < -0.3 is 19.4 Å². The van der Waals surface area contributed by atoms with Crippen LogP contribution in [0, 0.1) is 0 Å². The maximum atomic E-state index is 12.1. The number of carbonyl (C=O) groups is 1. The van der Waals surface area contributed by atoms with Gasteiger partial charge in [-0.3, -0.25) is 19.6 Å².